The van der Waals surface area contributed by atoms with Crippen LogP contribution in [0.3, 0.4) is 0 Å². The fourth-order valence-electron chi connectivity index (χ4n) is 3.80. The van der Waals surface area contributed by atoms with Crippen LogP contribution in [0.5, 0.6) is 23.1 Å². The molecule has 6 nitrogen and oxygen atoms in total. The van der Waals surface area contributed by atoms with Crippen molar-refractivity contribution < 1.29 is 23.4 Å². The summed E-state index contributed by atoms with van der Waals surface area (Å²) < 4.78 is 31.0. The summed E-state index contributed by atoms with van der Waals surface area (Å²) in [5, 5.41) is 0. The van der Waals surface area contributed by atoms with Gasteiger partial charge in [0.2, 0.25) is 11.8 Å². The van der Waals surface area contributed by atoms with Crippen LogP contribution in [0.15, 0.2) is 66.9 Å². The second-order valence-corrected chi connectivity index (χ2v) is 8.15. The van der Waals surface area contributed by atoms with E-state index in [0.29, 0.717) is 42.8 Å². The molecule has 0 fully saturated rings. The van der Waals surface area contributed by atoms with Crippen LogP contribution in [-0.2, 0) is 11.3 Å². The van der Waals surface area contributed by atoms with E-state index in [2.05, 4.69) is 4.98 Å². The maximum absolute atomic E-state index is 13.4. The average Bonchev–Trinajstić information content (AvgIpc) is 2.84. The Labute approximate surface area is 199 Å². The highest BCUT2D eigenvalue weighted by molar-refractivity contribution is 5.76. The number of aromatic nitrogens is 1. The van der Waals surface area contributed by atoms with Crippen LogP contribution in [-0.4, -0.2) is 35.5 Å². The number of pyridine rings is 1. The molecular formula is C27H29FN2O4. The van der Waals surface area contributed by atoms with Crippen LogP contribution in [0, 0.1) is 5.82 Å². The zero-order valence-electron chi connectivity index (χ0n) is 19.1. The Balaban J connectivity index is 1.48. The monoisotopic (exact) mass is 464 g/mol. The molecule has 0 saturated carbocycles. The number of halogens is 1. The van der Waals surface area contributed by atoms with Gasteiger partial charge in [-0.2, -0.15) is 0 Å². The van der Waals surface area contributed by atoms with E-state index >= 15 is 0 Å². The Hall–Kier alpha value is -3.61. The number of ether oxygens (including phenoxy) is 3. The lowest BCUT2D eigenvalue weighted by molar-refractivity contribution is -0.132. The Morgan fingerprint density at radius 1 is 1.00 bits per heavy atom. The molecule has 1 aromatic heterocycles. The molecule has 2 aromatic carbocycles. The molecular weight excluding hydrogens is 435 g/mol. The van der Waals surface area contributed by atoms with E-state index in [4.69, 9.17) is 14.2 Å². The van der Waals surface area contributed by atoms with Crippen LogP contribution in [0.4, 0.5) is 4.39 Å². The van der Waals surface area contributed by atoms with Gasteiger partial charge in [0.15, 0.2) is 11.5 Å². The van der Waals surface area contributed by atoms with Gasteiger partial charge in [-0.05, 0) is 43.2 Å². The minimum Gasteiger partial charge on any atom is -0.493 e. The highest BCUT2D eigenvalue weighted by atomic mass is 19.1. The van der Waals surface area contributed by atoms with Gasteiger partial charge in [-0.1, -0.05) is 37.1 Å². The summed E-state index contributed by atoms with van der Waals surface area (Å²) in [6, 6.07) is 17.2. The Morgan fingerprint density at radius 3 is 2.74 bits per heavy atom. The number of hydrogen-bond acceptors (Lipinski definition) is 5. The number of carbonyl (C=O) groups excluding carboxylic acids is 1. The predicted molar refractivity (Wildman–Crippen MR) is 127 cm³/mol. The van der Waals surface area contributed by atoms with Crippen LogP contribution in [0.1, 0.15) is 37.7 Å². The lowest BCUT2D eigenvalue weighted by atomic mass is 10.1. The first-order valence-corrected chi connectivity index (χ1v) is 11.7. The van der Waals surface area contributed by atoms with Crippen molar-refractivity contribution in [3.63, 3.8) is 0 Å². The Bertz CT molecular complexity index is 1090. The molecule has 0 radical (unpaired) electrons. The molecule has 0 spiro atoms. The fraction of sp³-hybridized carbons (Fsp3) is 0.333. The van der Waals surface area contributed by atoms with E-state index in [9.17, 15) is 9.18 Å². The zero-order valence-corrected chi connectivity index (χ0v) is 19.1. The van der Waals surface area contributed by atoms with E-state index in [-0.39, 0.29) is 24.8 Å². The first kappa shape index (κ1) is 23.5. The van der Waals surface area contributed by atoms with Crippen LogP contribution in [0.2, 0.25) is 0 Å². The van der Waals surface area contributed by atoms with Crippen molar-refractivity contribution in [1.82, 2.24) is 9.88 Å². The number of rotatable bonds is 4. The number of benzene rings is 2. The maximum Gasteiger partial charge on any atom is 0.226 e. The van der Waals surface area contributed by atoms with Gasteiger partial charge in [0.25, 0.3) is 0 Å². The molecule has 1 aliphatic heterocycles. The van der Waals surface area contributed by atoms with Gasteiger partial charge < -0.3 is 19.1 Å². The van der Waals surface area contributed by atoms with Crippen molar-refractivity contribution in [1.29, 1.82) is 0 Å². The van der Waals surface area contributed by atoms with E-state index in [1.165, 1.54) is 12.1 Å². The summed E-state index contributed by atoms with van der Waals surface area (Å²) in [4.78, 5) is 19.3. The van der Waals surface area contributed by atoms with Gasteiger partial charge >= 0.3 is 0 Å². The number of carbonyl (C=O) groups is 1. The summed E-state index contributed by atoms with van der Waals surface area (Å²) in [6.07, 6.45) is 5.72. The minimum atomic E-state index is -0.366. The van der Waals surface area contributed by atoms with Crippen LogP contribution < -0.4 is 14.2 Å². The van der Waals surface area contributed by atoms with Gasteiger partial charge in [-0.3, -0.25) is 4.79 Å². The number of fused-ring (bicyclic) bond motifs is 2. The van der Waals surface area contributed by atoms with Crippen molar-refractivity contribution in [3.8, 4) is 23.1 Å². The quantitative estimate of drug-likeness (QED) is 0.491. The molecule has 178 valence electrons. The van der Waals surface area contributed by atoms with E-state index in [1.807, 2.05) is 41.3 Å². The van der Waals surface area contributed by atoms with Crippen molar-refractivity contribution in [3.05, 3.63) is 78.2 Å². The fourth-order valence-corrected chi connectivity index (χ4v) is 3.80. The number of nitrogens with zero attached hydrogens (tertiary/aromatic N) is 2. The van der Waals surface area contributed by atoms with Crippen molar-refractivity contribution in [2.45, 2.75) is 38.6 Å². The first-order chi connectivity index (χ1) is 16.7. The van der Waals surface area contributed by atoms with Gasteiger partial charge in [-0.25, -0.2) is 9.37 Å². The van der Waals surface area contributed by atoms with Crippen molar-refractivity contribution >= 4 is 5.91 Å². The standard InChI is InChI=1S/C27H29FN2O4/c28-22-10-7-11-23(19-22)32-18-14-26(31)30-16-5-1-2-6-17-33-24-12-3-4-13-25(24)34-27-21(20-30)9-8-15-29-27/h3-4,7-13,15,19H,1-2,5-6,14,16-18,20H2. The maximum atomic E-state index is 13.4. The molecule has 0 aliphatic carbocycles. The molecule has 0 bridgehead atoms. The zero-order chi connectivity index (χ0) is 23.6. The first-order valence-electron chi connectivity index (χ1n) is 11.7. The Morgan fingerprint density at radius 2 is 1.85 bits per heavy atom. The summed E-state index contributed by atoms with van der Waals surface area (Å²) in [5.74, 6) is 1.75. The predicted octanol–water partition coefficient (Wildman–Crippen LogP) is 5.76. The molecule has 34 heavy (non-hydrogen) atoms. The molecule has 0 saturated heterocycles. The lowest BCUT2D eigenvalue weighted by Crippen LogP contribution is -2.32. The topological polar surface area (TPSA) is 60.9 Å². The number of hydrogen-bond donors (Lipinski definition) is 0. The highest BCUT2D eigenvalue weighted by Crippen LogP contribution is 2.32. The van der Waals surface area contributed by atoms with Gasteiger partial charge in [0.05, 0.1) is 26.2 Å². The normalized spacial score (nSPS) is 14.6. The molecule has 3 aromatic rings. The minimum absolute atomic E-state index is 0.0259. The summed E-state index contributed by atoms with van der Waals surface area (Å²) >= 11 is 0. The third kappa shape index (κ3) is 6.70. The van der Waals surface area contributed by atoms with Gasteiger partial charge in [-0.15, -0.1) is 0 Å². The molecule has 0 N–H and O–H groups in total. The van der Waals surface area contributed by atoms with E-state index in [0.717, 1.165) is 31.2 Å². The number of amides is 1. The molecule has 1 amide bonds. The second-order valence-electron chi connectivity index (χ2n) is 8.15. The van der Waals surface area contributed by atoms with Gasteiger partial charge in [0, 0.05) is 24.4 Å². The average molecular weight is 465 g/mol. The van der Waals surface area contributed by atoms with Crippen LogP contribution in [0.25, 0.3) is 0 Å². The van der Waals surface area contributed by atoms with Crippen molar-refractivity contribution in [2.24, 2.45) is 0 Å². The van der Waals surface area contributed by atoms with Crippen molar-refractivity contribution in [2.75, 3.05) is 19.8 Å². The smallest absolute Gasteiger partial charge is 0.226 e. The lowest BCUT2D eigenvalue weighted by Gasteiger charge is -2.24. The third-order valence-corrected chi connectivity index (χ3v) is 5.58. The molecule has 7 heteroatoms. The largest absolute Gasteiger partial charge is 0.493 e. The van der Waals surface area contributed by atoms with Crippen LogP contribution >= 0.6 is 0 Å². The summed E-state index contributed by atoms with van der Waals surface area (Å²) in [5.41, 5.74) is 0.814. The summed E-state index contributed by atoms with van der Waals surface area (Å²) in [6.45, 7) is 1.80. The highest BCUT2D eigenvalue weighted by Gasteiger charge is 2.18. The molecule has 1 aliphatic rings. The number of para-hydroxylation sites is 2. The molecule has 2 heterocycles. The molecule has 0 atom stereocenters. The van der Waals surface area contributed by atoms with Gasteiger partial charge in [0.1, 0.15) is 11.6 Å². The van der Waals surface area contributed by atoms with E-state index < -0.39 is 0 Å². The molecule has 0 unspecified atom stereocenters. The third-order valence-electron chi connectivity index (χ3n) is 5.58. The van der Waals surface area contributed by atoms with E-state index in [1.54, 1.807) is 18.3 Å². The molecule has 4 rings (SSSR count). The Kier molecular flexibility index (Phi) is 8.32. The second kappa shape index (κ2) is 12.0. The SMILES string of the molecule is O=C(CCOc1cccc(F)c1)N1CCCCCCOc2ccccc2Oc2ncccc2C1. The summed E-state index contributed by atoms with van der Waals surface area (Å²) in [7, 11) is 0.